The minimum Gasteiger partial charge on any atom is -0.478 e. The molecule has 3 heterocycles. The van der Waals surface area contributed by atoms with E-state index in [4.69, 9.17) is 16.2 Å². The van der Waals surface area contributed by atoms with E-state index in [-0.39, 0.29) is 54.9 Å². The molecule has 0 spiro atoms. The Hall–Kier alpha value is -2.89. The van der Waals surface area contributed by atoms with Crippen LogP contribution in [0.5, 0.6) is 5.75 Å². The van der Waals surface area contributed by atoms with E-state index in [0.717, 1.165) is 6.42 Å². The van der Waals surface area contributed by atoms with Crippen LogP contribution in [0.3, 0.4) is 0 Å². The van der Waals surface area contributed by atoms with E-state index in [1.807, 2.05) is 20.8 Å². The summed E-state index contributed by atoms with van der Waals surface area (Å²) in [5, 5.41) is 5.43. The van der Waals surface area contributed by atoms with Gasteiger partial charge in [0.15, 0.2) is 6.10 Å². The summed E-state index contributed by atoms with van der Waals surface area (Å²) in [6, 6.07) is -1.13. The molecule has 2 aliphatic heterocycles. The summed E-state index contributed by atoms with van der Waals surface area (Å²) in [4.78, 5) is 57.8. The number of pyridine rings is 1. The summed E-state index contributed by atoms with van der Waals surface area (Å²) in [6.07, 6.45) is 7.05. The van der Waals surface area contributed by atoms with Crippen molar-refractivity contribution in [1.82, 2.24) is 15.2 Å². The molecule has 2 fully saturated rings. The van der Waals surface area contributed by atoms with Gasteiger partial charge < -0.3 is 31.7 Å². The standard InChI is InChI=1S/C26H34N6O5.2ClH/c1-26(2,3)21(27)25(36)32-11-14-12-4-5-13(8-12)19(14)20(32)24(35)30-15(22(28)33)9-18-23(34)31-16-10-29-7-6-17(16)37-18;;/h4-7,10,12-15,18-21H,8-9,11,27H2,1-3H3,(H2,28,33)(H,30,35)(H,31,34);2*1H/t12-,13+,14-,15+,18+,19+,20+,21-;;/m1../s1. The molecule has 0 aromatic carbocycles. The number of ether oxygens (including phenoxy) is 1. The average molecular weight is 584 g/mol. The molecule has 2 bridgehead atoms. The fraction of sp³-hybridized carbons (Fsp3) is 0.577. The lowest BCUT2D eigenvalue weighted by molar-refractivity contribution is -0.143. The summed E-state index contributed by atoms with van der Waals surface area (Å²) < 4.78 is 5.77. The SMILES string of the molecule is CC(C)(C)[C@H](N)C(=O)N1C[C@H]2[C@@H]([C@H]1C(=O)N[C@@H](C[C@@H]1Oc3ccncc3NC1=O)C(N)=O)[C@H]1C=C[C@@H]2C1.Cl.Cl. The Morgan fingerprint density at radius 3 is 2.59 bits per heavy atom. The van der Waals surface area contributed by atoms with E-state index in [0.29, 0.717) is 23.9 Å². The number of allylic oxidation sites excluding steroid dienone is 2. The third-order valence-electron chi connectivity index (χ3n) is 8.26. The first-order chi connectivity index (χ1) is 17.5. The van der Waals surface area contributed by atoms with Crippen LogP contribution in [0.2, 0.25) is 0 Å². The van der Waals surface area contributed by atoms with Crippen LogP contribution in [0.15, 0.2) is 30.6 Å². The fourth-order valence-electron chi connectivity index (χ4n) is 6.20. The Morgan fingerprint density at radius 1 is 1.23 bits per heavy atom. The molecule has 2 aliphatic carbocycles. The Kier molecular flexibility index (Phi) is 8.88. The van der Waals surface area contributed by atoms with Crippen LogP contribution < -0.4 is 26.8 Å². The smallest absolute Gasteiger partial charge is 0.265 e. The summed E-state index contributed by atoms with van der Waals surface area (Å²) in [5.74, 6) is -1.00. The molecule has 4 aliphatic rings. The molecule has 1 aromatic heterocycles. The first-order valence-electron chi connectivity index (χ1n) is 12.7. The van der Waals surface area contributed by atoms with Crippen LogP contribution in [0.1, 0.15) is 33.6 Å². The highest BCUT2D eigenvalue weighted by Gasteiger charge is 2.58. The van der Waals surface area contributed by atoms with E-state index in [1.54, 1.807) is 11.0 Å². The number of nitrogens with zero attached hydrogens (tertiary/aromatic N) is 2. The van der Waals surface area contributed by atoms with E-state index >= 15 is 0 Å². The van der Waals surface area contributed by atoms with E-state index < -0.39 is 47.4 Å². The number of carbonyl (C=O) groups is 4. The second-order valence-electron chi connectivity index (χ2n) is 11.6. The summed E-state index contributed by atoms with van der Waals surface area (Å²) >= 11 is 0. The van der Waals surface area contributed by atoms with Gasteiger partial charge in [-0.2, -0.15) is 0 Å². The van der Waals surface area contributed by atoms with Gasteiger partial charge in [-0.3, -0.25) is 24.2 Å². The lowest BCUT2D eigenvalue weighted by Gasteiger charge is -2.35. The van der Waals surface area contributed by atoms with Crippen LogP contribution in [0, 0.1) is 29.1 Å². The van der Waals surface area contributed by atoms with Gasteiger partial charge in [-0.15, -0.1) is 24.8 Å². The van der Waals surface area contributed by atoms with Crippen molar-refractivity contribution < 1.29 is 23.9 Å². The second-order valence-corrected chi connectivity index (χ2v) is 11.6. The molecule has 0 unspecified atom stereocenters. The topological polar surface area (TPSA) is 170 Å². The van der Waals surface area contributed by atoms with Gasteiger partial charge in [0.2, 0.25) is 17.7 Å². The van der Waals surface area contributed by atoms with Crippen molar-refractivity contribution in [1.29, 1.82) is 0 Å². The zero-order chi connectivity index (χ0) is 26.6. The summed E-state index contributed by atoms with van der Waals surface area (Å²) in [7, 11) is 0. The molecule has 4 amide bonds. The largest absolute Gasteiger partial charge is 0.478 e. The second kappa shape index (κ2) is 11.3. The lowest BCUT2D eigenvalue weighted by atomic mass is 9.81. The number of anilines is 1. The molecule has 1 saturated heterocycles. The summed E-state index contributed by atoms with van der Waals surface area (Å²) in [6.45, 7) is 6.11. The fourth-order valence-corrected chi connectivity index (χ4v) is 6.20. The number of amides is 4. The molecule has 13 heteroatoms. The number of fused-ring (bicyclic) bond motifs is 6. The Morgan fingerprint density at radius 2 is 1.92 bits per heavy atom. The zero-order valence-electron chi connectivity index (χ0n) is 22.0. The zero-order valence-corrected chi connectivity index (χ0v) is 23.7. The van der Waals surface area contributed by atoms with Crippen molar-refractivity contribution >= 4 is 54.1 Å². The number of hydrogen-bond acceptors (Lipinski definition) is 7. The molecule has 214 valence electrons. The minimum atomic E-state index is -1.17. The van der Waals surface area contributed by atoms with Gasteiger partial charge in [-0.25, -0.2) is 0 Å². The Labute approximate surface area is 239 Å². The van der Waals surface area contributed by atoms with Crippen LogP contribution >= 0.6 is 24.8 Å². The van der Waals surface area contributed by atoms with Crippen molar-refractivity contribution in [3.8, 4) is 5.75 Å². The predicted octanol–water partition coefficient (Wildman–Crippen LogP) is 1.01. The Bertz CT molecular complexity index is 1170. The quantitative estimate of drug-likeness (QED) is 0.362. The first-order valence-corrected chi connectivity index (χ1v) is 12.7. The van der Waals surface area contributed by atoms with Crippen molar-refractivity contribution in [2.45, 2.75) is 57.8 Å². The maximum atomic E-state index is 13.8. The van der Waals surface area contributed by atoms with Crippen LogP contribution in [-0.2, 0) is 19.2 Å². The first kappa shape index (κ1) is 30.6. The number of halogens is 2. The molecule has 0 radical (unpaired) electrons. The van der Waals surface area contributed by atoms with E-state index in [1.165, 1.54) is 12.4 Å². The highest BCUT2D eigenvalue weighted by atomic mass is 35.5. The van der Waals surface area contributed by atoms with Gasteiger partial charge in [-0.05, 0) is 35.5 Å². The molecule has 8 atom stereocenters. The molecule has 5 rings (SSSR count). The minimum absolute atomic E-state index is 0. The van der Waals surface area contributed by atoms with Crippen molar-refractivity contribution in [2.24, 2.45) is 40.6 Å². The van der Waals surface area contributed by atoms with Gasteiger partial charge in [0, 0.05) is 25.2 Å². The molecule has 1 aromatic rings. The maximum absolute atomic E-state index is 13.8. The number of nitrogens with one attached hydrogen (secondary N) is 2. The van der Waals surface area contributed by atoms with Crippen LogP contribution in [0.4, 0.5) is 5.69 Å². The van der Waals surface area contributed by atoms with E-state index in [2.05, 4.69) is 27.8 Å². The summed E-state index contributed by atoms with van der Waals surface area (Å²) in [5.41, 5.74) is 11.9. The van der Waals surface area contributed by atoms with Crippen LogP contribution in [0.25, 0.3) is 0 Å². The van der Waals surface area contributed by atoms with Gasteiger partial charge >= 0.3 is 0 Å². The number of primary amides is 1. The van der Waals surface area contributed by atoms with Gasteiger partial charge in [0.05, 0.1) is 12.2 Å². The number of carbonyl (C=O) groups excluding carboxylic acids is 4. The predicted molar refractivity (Wildman–Crippen MR) is 148 cm³/mol. The van der Waals surface area contributed by atoms with Crippen molar-refractivity contribution in [2.75, 3.05) is 11.9 Å². The highest BCUT2D eigenvalue weighted by Crippen LogP contribution is 2.54. The molecule has 11 nitrogen and oxygen atoms in total. The van der Waals surface area contributed by atoms with Crippen LogP contribution in [-0.4, -0.2) is 64.3 Å². The van der Waals surface area contributed by atoms with E-state index in [9.17, 15) is 19.2 Å². The number of hydrogen-bond donors (Lipinski definition) is 4. The molecular weight excluding hydrogens is 547 g/mol. The number of aromatic nitrogens is 1. The lowest BCUT2D eigenvalue weighted by Crippen LogP contribution is -2.59. The number of nitrogens with two attached hydrogens (primary N) is 2. The highest BCUT2D eigenvalue weighted by molar-refractivity contribution is 5.98. The maximum Gasteiger partial charge on any atom is 0.265 e. The number of rotatable bonds is 6. The molecular formula is C26H36Cl2N6O5. The van der Waals surface area contributed by atoms with Crippen molar-refractivity contribution in [3.63, 3.8) is 0 Å². The normalized spacial score (nSPS) is 29.5. The number of likely N-dealkylation sites (tertiary alicyclic amines) is 1. The van der Waals surface area contributed by atoms with Crippen molar-refractivity contribution in [3.05, 3.63) is 30.6 Å². The van der Waals surface area contributed by atoms with Gasteiger partial charge in [0.25, 0.3) is 5.91 Å². The molecule has 39 heavy (non-hydrogen) atoms. The third kappa shape index (κ3) is 5.57. The Balaban J connectivity index is 0.00000210. The monoisotopic (exact) mass is 582 g/mol. The van der Waals surface area contributed by atoms with Gasteiger partial charge in [-0.1, -0.05) is 32.9 Å². The molecule has 6 N–H and O–H groups in total. The van der Waals surface area contributed by atoms with Gasteiger partial charge in [0.1, 0.15) is 23.5 Å². The molecule has 1 saturated carbocycles. The average Bonchev–Trinajstić information content (AvgIpc) is 3.55. The third-order valence-corrected chi connectivity index (χ3v) is 8.26.